The number of amides is 1. The third kappa shape index (κ3) is 2.65. The standard InChI is InChI=1S/C18H11Cl3FNO3S/c19-9-2-1-3-12-14(9)23-16(24)15(21)18(23,7-13(27-12)17(25)26)8-4-5-11(22)10(20)6-8/h1-6,13,15H,7H2,(H,25,26). The van der Waals surface area contributed by atoms with Crippen molar-refractivity contribution in [3.8, 4) is 0 Å². The predicted molar refractivity (Wildman–Crippen MR) is 104 cm³/mol. The predicted octanol–water partition coefficient (Wildman–Crippen LogP) is 4.93. The van der Waals surface area contributed by atoms with Gasteiger partial charge in [-0.15, -0.1) is 23.4 Å². The van der Waals surface area contributed by atoms with Gasteiger partial charge in [0.05, 0.1) is 15.7 Å². The van der Waals surface area contributed by atoms with Crippen molar-refractivity contribution in [1.82, 2.24) is 0 Å². The van der Waals surface area contributed by atoms with Crippen molar-refractivity contribution in [2.45, 2.75) is 27.5 Å². The molecule has 9 heteroatoms. The Morgan fingerprint density at radius 1 is 1.26 bits per heavy atom. The Morgan fingerprint density at radius 2 is 2.00 bits per heavy atom. The SMILES string of the molecule is O=C(O)C1CC2(c3ccc(F)c(Cl)c3)C(Cl)C(=O)N2c2c(Cl)cccc2S1. The van der Waals surface area contributed by atoms with E-state index in [1.165, 1.54) is 23.1 Å². The Balaban J connectivity index is 1.99. The lowest BCUT2D eigenvalue weighted by Gasteiger charge is -2.55. The summed E-state index contributed by atoms with van der Waals surface area (Å²) >= 11 is 19.9. The number of benzene rings is 2. The van der Waals surface area contributed by atoms with Gasteiger partial charge in [-0.2, -0.15) is 0 Å². The number of β-lactam (4-membered cyclic amide) rings is 1. The third-order valence-corrected chi connectivity index (χ3v) is 7.27. The molecule has 0 aromatic heterocycles. The molecule has 2 aromatic rings. The molecule has 0 radical (unpaired) electrons. The number of halogens is 4. The number of hydrogen-bond acceptors (Lipinski definition) is 3. The van der Waals surface area contributed by atoms with E-state index in [0.29, 0.717) is 21.2 Å². The molecule has 0 bridgehead atoms. The first-order valence-electron chi connectivity index (χ1n) is 7.89. The maximum absolute atomic E-state index is 13.7. The average Bonchev–Trinajstić information content (AvgIpc) is 2.77. The molecule has 2 heterocycles. The molecular weight excluding hydrogens is 436 g/mol. The Morgan fingerprint density at radius 3 is 2.67 bits per heavy atom. The minimum Gasteiger partial charge on any atom is -0.480 e. The number of rotatable bonds is 2. The molecule has 2 aromatic carbocycles. The molecule has 2 aliphatic rings. The van der Waals surface area contributed by atoms with Gasteiger partial charge in [-0.3, -0.25) is 14.5 Å². The fourth-order valence-corrected chi connectivity index (χ4v) is 5.77. The normalized spacial score (nSPS) is 26.7. The van der Waals surface area contributed by atoms with Crippen molar-refractivity contribution in [3.05, 3.63) is 57.8 Å². The Hall–Kier alpha value is -1.47. The van der Waals surface area contributed by atoms with E-state index in [9.17, 15) is 19.1 Å². The maximum atomic E-state index is 13.7. The van der Waals surface area contributed by atoms with Crippen LogP contribution in [-0.2, 0) is 15.1 Å². The number of anilines is 1. The number of fused-ring (bicyclic) bond motifs is 3. The molecule has 140 valence electrons. The molecule has 2 aliphatic heterocycles. The summed E-state index contributed by atoms with van der Waals surface area (Å²) in [7, 11) is 0. The zero-order chi connectivity index (χ0) is 19.5. The first-order valence-corrected chi connectivity index (χ1v) is 9.96. The summed E-state index contributed by atoms with van der Waals surface area (Å²) in [4.78, 5) is 26.6. The van der Waals surface area contributed by atoms with Gasteiger partial charge in [0.15, 0.2) is 0 Å². The third-order valence-electron chi connectivity index (χ3n) is 4.89. The summed E-state index contributed by atoms with van der Waals surface area (Å²) in [6, 6.07) is 9.07. The van der Waals surface area contributed by atoms with E-state index in [-0.39, 0.29) is 11.4 Å². The van der Waals surface area contributed by atoms with Gasteiger partial charge in [-0.1, -0.05) is 35.3 Å². The van der Waals surface area contributed by atoms with Gasteiger partial charge in [0, 0.05) is 11.3 Å². The summed E-state index contributed by atoms with van der Waals surface area (Å²) < 4.78 is 13.7. The van der Waals surface area contributed by atoms with Gasteiger partial charge in [0.2, 0.25) is 5.91 Å². The molecule has 1 fully saturated rings. The molecule has 1 amide bonds. The van der Waals surface area contributed by atoms with Crippen molar-refractivity contribution < 1.29 is 19.1 Å². The highest BCUT2D eigenvalue weighted by atomic mass is 35.5. The van der Waals surface area contributed by atoms with Gasteiger partial charge >= 0.3 is 5.97 Å². The number of carbonyl (C=O) groups excluding carboxylic acids is 1. The summed E-state index contributed by atoms with van der Waals surface area (Å²) in [5.41, 5.74) is -0.314. The van der Waals surface area contributed by atoms with Crippen molar-refractivity contribution >= 4 is 64.1 Å². The number of nitrogens with zero attached hydrogens (tertiary/aromatic N) is 1. The molecule has 27 heavy (non-hydrogen) atoms. The smallest absolute Gasteiger partial charge is 0.317 e. The minimum absolute atomic E-state index is 0.0277. The van der Waals surface area contributed by atoms with Crippen LogP contribution >= 0.6 is 46.6 Å². The highest BCUT2D eigenvalue weighted by Crippen LogP contribution is 2.58. The van der Waals surface area contributed by atoms with Crippen LogP contribution in [0, 0.1) is 5.82 Å². The second-order valence-electron chi connectivity index (χ2n) is 6.32. The van der Waals surface area contributed by atoms with E-state index in [2.05, 4.69) is 0 Å². The Kier molecular flexibility index (Phi) is 4.58. The van der Waals surface area contributed by atoms with Crippen LogP contribution in [0.2, 0.25) is 10.0 Å². The fourth-order valence-electron chi connectivity index (χ4n) is 3.65. The summed E-state index contributed by atoms with van der Waals surface area (Å²) in [6.45, 7) is 0. The van der Waals surface area contributed by atoms with Crippen molar-refractivity contribution in [1.29, 1.82) is 0 Å². The zero-order valence-corrected chi connectivity index (χ0v) is 16.5. The van der Waals surface area contributed by atoms with Gasteiger partial charge in [-0.05, 0) is 29.8 Å². The van der Waals surface area contributed by atoms with Crippen LogP contribution in [0.5, 0.6) is 0 Å². The zero-order valence-electron chi connectivity index (χ0n) is 13.5. The number of para-hydroxylation sites is 1. The van der Waals surface area contributed by atoms with Gasteiger partial charge in [0.1, 0.15) is 22.0 Å². The Bertz CT molecular complexity index is 988. The van der Waals surface area contributed by atoms with E-state index >= 15 is 0 Å². The second kappa shape index (κ2) is 6.55. The second-order valence-corrected chi connectivity index (χ2v) is 8.82. The van der Waals surface area contributed by atoms with Crippen molar-refractivity contribution in [2.75, 3.05) is 4.90 Å². The number of hydrogen-bond donors (Lipinski definition) is 1. The van der Waals surface area contributed by atoms with Crippen LogP contribution in [0.1, 0.15) is 12.0 Å². The van der Waals surface area contributed by atoms with Crippen LogP contribution in [0.25, 0.3) is 0 Å². The molecule has 3 unspecified atom stereocenters. The summed E-state index contributed by atoms with van der Waals surface area (Å²) in [6.07, 6.45) is 0.0277. The lowest BCUT2D eigenvalue weighted by Crippen LogP contribution is -2.71. The molecule has 4 nitrogen and oxygen atoms in total. The number of carboxylic acids is 1. The largest absolute Gasteiger partial charge is 0.480 e. The number of thioether (sulfide) groups is 1. The van der Waals surface area contributed by atoms with Crippen LogP contribution in [0.15, 0.2) is 41.3 Å². The van der Waals surface area contributed by atoms with E-state index in [1.54, 1.807) is 18.2 Å². The molecule has 0 spiro atoms. The minimum atomic E-state index is -1.19. The number of carbonyl (C=O) groups is 2. The topological polar surface area (TPSA) is 57.6 Å². The van der Waals surface area contributed by atoms with Crippen LogP contribution in [-0.4, -0.2) is 27.6 Å². The van der Waals surface area contributed by atoms with Crippen LogP contribution in [0.4, 0.5) is 10.1 Å². The molecule has 3 atom stereocenters. The molecule has 0 saturated carbocycles. The summed E-state index contributed by atoms with van der Waals surface area (Å²) in [5, 5.41) is 7.98. The fraction of sp³-hybridized carbons (Fsp3) is 0.222. The quantitative estimate of drug-likeness (QED) is 0.525. The van der Waals surface area contributed by atoms with E-state index in [4.69, 9.17) is 34.8 Å². The Labute approximate surface area is 173 Å². The molecule has 0 aliphatic carbocycles. The molecule has 1 saturated heterocycles. The first-order chi connectivity index (χ1) is 12.8. The first kappa shape index (κ1) is 18.9. The van der Waals surface area contributed by atoms with E-state index in [1.807, 2.05) is 0 Å². The number of carboxylic acid groups (broad SMARTS) is 1. The maximum Gasteiger partial charge on any atom is 0.317 e. The van der Waals surface area contributed by atoms with Crippen LogP contribution in [0.3, 0.4) is 0 Å². The lowest BCUT2D eigenvalue weighted by molar-refractivity contribution is -0.138. The van der Waals surface area contributed by atoms with E-state index in [0.717, 1.165) is 11.8 Å². The number of aliphatic carboxylic acids is 1. The summed E-state index contributed by atoms with van der Waals surface area (Å²) in [5.74, 6) is -2.04. The van der Waals surface area contributed by atoms with Crippen molar-refractivity contribution in [3.63, 3.8) is 0 Å². The molecular formula is C18H11Cl3FNO3S. The molecule has 1 N–H and O–H groups in total. The highest BCUT2D eigenvalue weighted by molar-refractivity contribution is 8.00. The monoisotopic (exact) mass is 445 g/mol. The molecule has 4 rings (SSSR count). The van der Waals surface area contributed by atoms with Crippen molar-refractivity contribution in [2.24, 2.45) is 0 Å². The van der Waals surface area contributed by atoms with E-state index < -0.39 is 33.9 Å². The van der Waals surface area contributed by atoms with Gasteiger partial charge in [-0.25, -0.2) is 4.39 Å². The van der Waals surface area contributed by atoms with Gasteiger partial charge < -0.3 is 5.11 Å². The average molecular weight is 447 g/mol. The van der Waals surface area contributed by atoms with Gasteiger partial charge in [0.25, 0.3) is 0 Å². The number of alkyl halides is 1. The van der Waals surface area contributed by atoms with Crippen LogP contribution < -0.4 is 4.90 Å². The highest BCUT2D eigenvalue weighted by Gasteiger charge is 2.64. The lowest BCUT2D eigenvalue weighted by atomic mass is 9.73.